The quantitative estimate of drug-likeness (QED) is 0.733. The minimum absolute atomic E-state index is 0.201. The molecule has 0 aliphatic rings. The first-order chi connectivity index (χ1) is 6.77. The van der Waals surface area contributed by atoms with Crippen LogP contribution in [0.3, 0.4) is 0 Å². The Bertz CT molecular complexity index is 447. The summed E-state index contributed by atoms with van der Waals surface area (Å²) in [5.74, 6) is -0.480. The smallest absolute Gasteiger partial charge is 0.197 e. The van der Waals surface area contributed by atoms with Gasteiger partial charge in [-0.25, -0.2) is 14.4 Å². The van der Waals surface area contributed by atoms with E-state index in [-0.39, 0.29) is 5.69 Å². The summed E-state index contributed by atoms with van der Waals surface area (Å²) >= 11 is 3.08. The van der Waals surface area contributed by atoms with Gasteiger partial charge in [0, 0.05) is 6.20 Å². The molecule has 0 fully saturated rings. The fraction of sp³-hybridized carbons (Fsp3) is 0. The molecular weight excluding hydrogens is 249 g/mol. The van der Waals surface area contributed by atoms with Crippen molar-refractivity contribution in [3.63, 3.8) is 0 Å². The van der Waals surface area contributed by atoms with Gasteiger partial charge in [0.1, 0.15) is 5.69 Å². The van der Waals surface area contributed by atoms with Crippen molar-refractivity contribution in [2.75, 3.05) is 0 Å². The number of rotatable bonds is 1. The molecule has 2 rings (SSSR count). The maximum Gasteiger partial charge on any atom is 0.197 e. The predicted octanol–water partition coefficient (Wildman–Crippen LogP) is 2.44. The van der Waals surface area contributed by atoms with E-state index < -0.39 is 5.82 Å². The molecule has 2 aromatic rings. The summed E-state index contributed by atoms with van der Waals surface area (Å²) in [6, 6.07) is 5.23. The number of hydrogen-bond donors (Lipinski definition) is 0. The molecule has 0 saturated heterocycles. The topological polar surface area (TPSA) is 38.7 Å². The van der Waals surface area contributed by atoms with Crippen molar-refractivity contribution in [1.82, 2.24) is 15.0 Å². The molecule has 0 spiro atoms. The molecule has 0 saturated carbocycles. The molecule has 3 nitrogen and oxygen atoms in total. The monoisotopic (exact) mass is 253 g/mol. The van der Waals surface area contributed by atoms with Crippen LogP contribution in [0, 0.1) is 5.82 Å². The molecule has 0 amide bonds. The number of pyridine rings is 1. The molecular formula is C9H5BrFN3. The molecule has 5 heteroatoms. The van der Waals surface area contributed by atoms with Gasteiger partial charge in [-0.1, -0.05) is 6.07 Å². The van der Waals surface area contributed by atoms with Crippen molar-refractivity contribution < 1.29 is 4.39 Å². The molecule has 0 N–H and O–H groups in total. The van der Waals surface area contributed by atoms with Crippen LogP contribution in [0.25, 0.3) is 11.4 Å². The molecule has 0 aliphatic heterocycles. The lowest BCUT2D eigenvalue weighted by Crippen LogP contribution is -1.94. The van der Waals surface area contributed by atoms with E-state index in [4.69, 9.17) is 0 Å². The lowest BCUT2D eigenvalue weighted by molar-refractivity contribution is 0.615. The SMILES string of the molecule is Fc1cnc(Br)nc1-c1ccccn1. The van der Waals surface area contributed by atoms with E-state index >= 15 is 0 Å². The van der Waals surface area contributed by atoms with Crippen molar-refractivity contribution in [2.24, 2.45) is 0 Å². The van der Waals surface area contributed by atoms with Crippen LogP contribution in [0.15, 0.2) is 35.3 Å². The lowest BCUT2D eigenvalue weighted by Gasteiger charge is -2.00. The van der Waals surface area contributed by atoms with E-state index in [1.54, 1.807) is 24.4 Å². The number of aromatic nitrogens is 3. The Morgan fingerprint density at radius 2 is 2.07 bits per heavy atom. The Labute approximate surface area is 88.2 Å². The number of hydrogen-bond acceptors (Lipinski definition) is 3. The molecule has 14 heavy (non-hydrogen) atoms. The second-order valence-corrected chi connectivity index (χ2v) is 3.26. The Hall–Kier alpha value is -1.36. The zero-order valence-electron chi connectivity index (χ0n) is 6.98. The Morgan fingerprint density at radius 3 is 2.79 bits per heavy atom. The van der Waals surface area contributed by atoms with Crippen LogP contribution < -0.4 is 0 Å². The van der Waals surface area contributed by atoms with E-state index in [0.717, 1.165) is 6.20 Å². The standard InChI is InChI=1S/C9H5BrFN3/c10-9-13-5-6(11)8(14-9)7-3-1-2-4-12-7/h1-5H. The Kier molecular flexibility index (Phi) is 2.49. The number of nitrogens with zero attached hydrogens (tertiary/aromatic N) is 3. The Morgan fingerprint density at radius 1 is 1.21 bits per heavy atom. The van der Waals surface area contributed by atoms with Crippen LogP contribution in [-0.2, 0) is 0 Å². The summed E-state index contributed by atoms with van der Waals surface area (Å²) < 4.78 is 13.6. The first-order valence-corrected chi connectivity index (χ1v) is 4.66. The van der Waals surface area contributed by atoms with Crippen LogP contribution in [0.4, 0.5) is 4.39 Å². The van der Waals surface area contributed by atoms with Crippen molar-refractivity contribution in [3.05, 3.63) is 41.1 Å². The van der Waals surface area contributed by atoms with Crippen LogP contribution in [0.5, 0.6) is 0 Å². The molecule has 0 aliphatic carbocycles. The summed E-state index contributed by atoms with van der Waals surface area (Å²) in [7, 11) is 0. The van der Waals surface area contributed by atoms with E-state index in [1.165, 1.54) is 0 Å². The molecule has 0 bridgehead atoms. The fourth-order valence-corrected chi connectivity index (χ4v) is 1.31. The molecule has 0 aromatic carbocycles. The van der Waals surface area contributed by atoms with E-state index in [9.17, 15) is 4.39 Å². The van der Waals surface area contributed by atoms with Crippen molar-refractivity contribution in [2.45, 2.75) is 0 Å². The van der Waals surface area contributed by atoms with Crippen molar-refractivity contribution in [3.8, 4) is 11.4 Å². The first-order valence-electron chi connectivity index (χ1n) is 3.87. The third kappa shape index (κ3) is 1.77. The van der Waals surface area contributed by atoms with E-state index in [2.05, 4.69) is 30.9 Å². The molecule has 0 radical (unpaired) electrons. The molecule has 0 atom stereocenters. The van der Waals surface area contributed by atoms with E-state index in [1.807, 2.05) is 0 Å². The average molecular weight is 254 g/mol. The normalized spacial score (nSPS) is 10.1. The molecule has 0 unspecified atom stereocenters. The summed E-state index contributed by atoms with van der Waals surface area (Å²) in [5.41, 5.74) is 0.695. The zero-order chi connectivity index (χ0) is 9.97. The van der Waals surface area contributed by atoms with Gasteiger partial charge in [0.15, 0.2) is 10.6 Å². The van der Waals surface area contributed by atoms with Crippen LogP contribution >= 0.6 is 15.9 Å². The predicted molar refractivity (Wildman–Crippen MR) is 52.9 cm³/mol. The van der Waals surface area contributed by atoms with Crippen molar-refractivity contribution in [1.29, 1.82) is 0 Å². The van der Waals surface area contributed by atoms with Gasteiger partial charge in [0.05, 0.1) is 11.9 Å². The van der Waals surface area contributed by atoms with Crippen molar-refractivity contribution >= 4 is 15.9 Å². The van der Waals surface area contributed by atoms with Gasteiger partial charge < -0.3 is 0 Å². The average Bonchev–Trinajstić information content (AvgIpc) is 2.23. The summed E-state index contributed by atoms with van der Waals surface area (Å²) in [6.45, 7) is 0. The zero-order valence-corrected chi connectivity index (χ0v) is 8.57. The van der Waals surface area contributed by atoms with Crippen LogP contribution in [0.1, 0.15) is 0 Å². The Balaban J connectivity index is 2.57. The lowest BCUT2D eigenvalue weighted by atomic mass is 10.2. The van der Waals surface area contributed by atoms with Gasteiger partial charge in [-0.05, 0) is 28.1 Å². The van der Waals surface area contributed by atoms with Crippen LogP contribution in [0.2, 0.25) is 0 Å². The van der Waals surface area contributed by atoms with Gasteiger partial charge >= 0.3 is 0 Å². The maximum absolute atomic E-state index is 13.3. The van der Waals surface area contributed by atoms with E-state index in [0.29, 0.717) is 10.4 Å². The van der Waals surface area contributed by atoms with Gasteiger partial charge in [0.2, 0.25) is 0 Å². The maximum atomic E-state index is 13.3. The first kappa shape index (κ1) is 9.21. The van der Waals surface area contributed by atoms with Gasteiger partial charge in [-0.3, -0.25) is 4.98 Å². The third-order valence-corrected chi connectivity index (χ3v) is 2.00. The highest BCUT2D eigenvalue weighted by Crippen LogP contribution is 2.18. The second kappa shape index (κ2) is 3.79. The fourth-order valence-electron chi connectivity index (χ4n) is 1.03. The largest absolute Gasteiger partial charge is 0.255 e. The highest BCUT2D eigenvalue weighted by atomic mass is 79.9. The van der Waals surface area contributed by atoms with Gasteiger partial charge in [0.25, 0.3) is 0 Å². The van der Waals surface area contributed by atoms with Gasteiger partial charge in [-0.15, -0.1) is 0 Å². The van der Waals surface area contributed by atoms with Gasteiger partial charge in [-0.2, -0.15) is 0 Å². The third-order valence-electron chi connectivity index (χ3n) is 1.62. The molecule has 2 aromatic heterocycles. The van der Waals surface area contributed by atoms with Crippen LogP contribution in [-0.4, -0.2) is 15.0 Å². The summed E-state index contributed by atoms with van der Waals surface area (Å²) in [5, 5.41) is 0. The summed E-state index contributed by atoms with van der Waals surface area (Å²) in [6.07, 6.45) is 2.70. The minimum Gasteiger partial charge on any atom is -0.255 e. The minimum atomic E-state index is -0.480. The number of halogens is 2. The second-order valence-electron chi connectivity index (χ2n) is 2.55. The molecule has 2 heterocycles. The summed E-state index contributed by atoms with van der Waals surface area (Å²) in [4.78, 5) is 11.6. The highest BCUT2D eigenvalue weighted by molar-refractivity contribution is 9.10. The molecule has 70 valence electrons. The highest BCUT2D eigenvalue weighted by Gasteiger charge is 2.08.